The largest absolute Gasteiger partial charge is 0.469 e. The normalized spacial score (nSPS) is 12.6. The number of nitrogens with zero attached hydrogens (tertiary/aromatic N) is 1. The molecule has 0 spiro atoms. The summed E-state index contributed by atoms with van der Waals surface area (Å²) in [4.78, 5) is 14.0. The molecule has 0 atom stereocenters. The Morgan fingerprint density at radius 2 is 1.75 bits per heavy atom. The van der Waals surface area contributed by atoms with Crippen LogP contribution in [0.15, 0.2) is 0 Å². The lowest BCUT2D eigenvalue weighted by atomic mass is 9.92. The fourth-order valence-corrected chi connectivity index (χ4v) is 1.78. The van der Waals surface area contributed by atoms with E-state index in [4.69, 9.17) is 4.74 Å². The molecule has 0 amide bonds. The van der Waals surface area contributed by atoms with Crippen LogP contribution >= 0.6 is 0 Å². The van der Waals surface area contributed by atoms with E-state index in [0.29, 0.717) is 12.0 Å². The SMILES string of the molecule is COC(=O)C(C)(C)CN(CC(C)C)C(C)C. The molecule has 3 heteroatoms. The lowest BCUT2D eigenvalue weighted by molar-refractivity contribution is -0.152. The lowest BCUT2D eigenvalue weighted by Crippen LogP contribution is -2.44. The van der Waals surface area contributed by atoms with E-state index in [1.807, 2.05) is 13.8 Å². The first-order valence-electron chi connectivity index (χ1n) is 6.03. The van der Waals surface area contributed by atoms with Gasteiger partial charge in [0.05, 0.1) is 12.5 Å². The van der Waals surface area contributed by atoms with Crippen molar-refractivity contribution in [1.29, 1.82) is 0 Å². The molecule has 16 heavy (non-hydrogen) atoms. The third-order valence-electron chi connectivity index (χ3n) is 2.67. The van der Waals surface area contributed by atoms with Gasteiger partial charge >= 0.3 is 5.97 Å². The number of rotatable bonds is 6. The van der Waals surface area contributed by atoms with E-state index in [1.165, 1.54) is 7.11 Å². The molecule has 0 saturated carbocycles. The zero-order valence-electron chi connectivity index (χ0n) is 11.8. The average Bonchev–Trinajstić information content (AvgIpc) is 2.14. The number of hydrogen-bond acceptors (Lipinski definition) is 3. The highest BCUT2D eigenvalue weighted by molar-refractivity contribution is 5.76. The van der Waals surface area contributed by atoms with Crippen LogP contribution in [0.3, 0.4) is 0 Å². The van der Waals surface area contributed by atoms with Gasteiger partial charge in [0.2, 0.25) is 0 Å². The number of carbonyl (C=O) groups is 1. The van der Waals surface area contributed by atoms with Crippen LogP contribution in [0.5, 0.6) is 0 Å². The minimum atomic E-state index is -0.437. The first kappa shape index (κ1) is 15.4. The molecule has 0 unspecified atom stereocenters. The summed E-state index contributed by atoms with van der Waals surface area (Å²) in [6.07, 6.45) is 0. The monoisotopic (exact) mass is 229 g/mol. The minimum absolute atomic E-state index is 0.137. The molecule has 0 aromatic rings. The molecule has 0 aromatic heterocycles. The van der Waals surface area contributed by atoms with Gasteiger partial charge in [0, 0.05) is 19.1 Å². The summed E-state index contributed by atoms with van der Waals surface area (Å²) in [5, 5.41) is 0. The van der Waals surface area contributed by atoms with Gasteiger partial charge in [0.15, 0.2) is 0 Å². The van der Waals surface area contributed by atoms with E-state index < -0.39 is 5.41 Å². The molecule has 0 saturated heterocycles. The van der Waals surface area contributed by atoms with Crippen LogP contribution < -0.4 is 0 Å². The topological polar surface area (TPSA) is 29.5 Å². The summed E-state index contributed by atoms with van der Waals surface area (Å²) in [6, 6.07) is 0.450. The second-order valence-electron chi connectivity index (χ2n) is 5.79. The van der Waals surface area contributed by atoms with Gasteiger partial charge in [-0.1, -0.05) is 13.8 Å². The quantitative estimate of drug-likeness (QED) is 0.656. The molecule has 0 rings (SSSR count). The van der Waals surface area contributed by atoms with E-state index in [2.05, 4.69) is 32.6 Å². The molecule has 96 valence electrons. The van der Waals surface area contributed by atoms with Crippen LogP contribution in [0, 0.1) is 11.3 Å². The van der Waals surface area contributed by atoms with E-state index in [-0.39, 0.29) is 5.97 Å². The molecular weight excluding hydrogens is 202 g/mol. The summed E-state index contributed by atoms with van der Waals surface area (Å²) >= 11 is 0. The molecule has 0 fully saturated rings. The highest BCUT2D eigenvalue weighted by Gasteiger charge is 2.31. The zero-order valence-corrected chi connectivity index (χ0v) is 11.8. The molecule has 0 aliphatic carbocycles. The highest BCUT2D eigenvalue weighted by atomic mass is 16.5. The Hall–Kier alpha value is -0.570. The fraction of sp³-hybridized carbons (Fsp3) is 0.923. The fourth-order valence-electron chi connectivity index (χ4n) is 1.78. The van der Waals surface area contributed by atoms with Gasteiger partial charge in [0.1, 0.15) is 0 Å². The third-order valence-corrected chi connectivity index (χ3v) is 2.67. The average molecular weight is 229 g/mol. The molecule has 0 N–H and O–H groups in total. The van der Waals surface area contributed by atoms with Crippen LogP contribution in [-0.2, 0) is 9.53 Å². The van der Waals surface area contributed by atoms with Gasteiger partial charge in [-0.25, -0.2) is 0 Å². The zero-order chi connectivity index (χ0) is 12.9. The number of carbonyl (C=O) groups excluding carboxylic acids is 1. The van der Waals surface area contributed by atoms with Crippen molar-refractivity contribution in [2.45, 2.75) is 47.6 Å². The molecule has 0 heterocycles. The van der Waals surface area contributed by atoms with Crippen molar-refractivity contribution in [3.63, 3.8) is 0 Å². The van der Waals surface area contributed by atoms with Gasteiger partial charge in [-0.2, -0.15) is 0 Å². The van der Waals surface area contributed by atoms with Crippen LogP contribution in [0.25, 0.3) is 0 Å². The molecule has 3 nitrogen and oxygen atoms in total. The maximum atomic E-state index is 11.6. The van der Waals surface area contributed by atoms with Crippen LogP contribution in [0.2, 0.25) is 0 Å². The summed E-state index contributed by atoms with van der Waals surface area (Å²) in [7, 11) is 1.45. The Bertz CT molecular complexity index is 222. The third kappa shape index (κ3) is 4.97. The molecule has 0 aliphatic heterocycles. The maximum absolute atomic E-state index is 11.6. The Balaban J connectivity index is 4.55. The van der Waals surface area contributed by atoms with Gasteiger partial charge in [0.25, 0.3) is 0 Å². The van der Waals surface area contributed by atoms with Crippen molar-refractivity contribution >= 4 is 5.97 Å². The van der Waals surface area contributed by atoms with Crippen molar-refractivity contribution in [3.8, 4) is 0 Å². The molecule has 0 aromatic carbocycles. The Morgan fingerprint density at radius 1 is 1.25 bits per heavy atom. The molecule has 0 aliphatic rings. The van der Waals surface area contributed by atoms with E-state index >= 15 is 0 Å². The smallest absolute Gasteiger partial charge is 0.312 e. The summed E-state index contributed by atoms with van der Waals surface area (Å²) in [5.74, 6) is 0.470. The van der Waals surface area contributed by atoms with Crippen molar-refractivity contribution in [1.82, 2.24) is 4.90 Å². The van der Waals surface area contributed by atoms with Crippen molar-refractivity contribution in [2.24, 2.45) is 11.3 Å². The van der Waals surface area contributed by atoms with Crippen molar-refractivity contribution in [2.75, 3.05) is 20.2 Å². The van der Waals surface area contributed by atoms with Crippen LogP contribution in [-0.4, -0.2) is 37.1 Å². The van der Waals surface area contributed by atoms with Gasteiger partial charge in [-0.05, 0) is 33.6 Å². The predicted octanol–water partition coefficient (Wildman–Crippen LogP) is 2.55. The summed E-state index contributed by atoms with van der Waals surface area (Å²) < 4.78 is 4.84. The highest BCUT2D eigenvalue weighted by Crippen LogP contribution is 2.21. The minimum Gasteiger partial charge on any atom is -0.469 e. The molecular formula is C13H27NO2. The van der Waals surface area contributed by atoms with Crippen molar-refractivity contribution in [3.05, 3.63) is 0 Å². The Labute approximate surface area is 100 Å². The van der Waals surface area contributed by atoms with E-state index in [0.717, 1.165) is 13.1 Å². The van der Waals surface area contributed by atoms with E-state index in [1.54, 1.807) is 0 Å². The molecule has 0 bridgehead atoms. The van der Waals surface area contributed by atoms with Crippen LogP contribution in [0.1, 0.15) is 41.5 Å². The number of esters is 1. The Kier molecular flexibility index (Phi) is 6.01. The second kappa shape index (κ2) is 6.24. The van der Waals surface area contributed by atoms with Gasteiger partial charge in [-0.3, -0.25) is 9.69 Å². The molecule has 0 radical (unpaired) electrons. The maximum Gasteiger partial charge on any atom is 0.312 e. The van der Waals surface area contributed by atoms with E-state index in [9.17, 15) is 4.79 Å². The van der Waals surface area contributed by atoms with Crippen LogP contribution in [0.4, 0.5) is 0 Å². The second-order valence-corrected chi connectivity index (χ2v) is 5.79. The summed E-state index contributed by atoms with van der Waals surface area (Å²) in [6.45, 7) is 14.4. The van der Waals surface area contributed by atoms with Gasteiger partial charge < -0.3 is 4.74 Å². The number of methoxy groups -OCH3 is 1. The van der Waals surface area contributed by atoms with Gasteiger partial charge in [-0.15, -0.1) is 0 Å². The summed E-state index contributed by atoms with van der Waals surface area (Å²) in [5.41, 5.74) is -0.437. The first-order chi connectivity index (χ1) is 7.20. The number of ether oxygens (including phenoxy) is 1. The first-order valence-corrected chi connectivity index (χ1v) is 6.03. The standard InChI is InChI=1S/C13H27NO2/c1-10(2)8-14(11(3)4)9-13(5,6)12(15)16-7/h10-11H,8-9H2,1-7H3. The lowest BCUT2D eigenvalue weighted by Gasteiger charge is -2.34. The predicted molar refractivity (Wildman–Crippen MR) is 67.3 cm³/mol. The number of hydrogen-bond donors (Lipinski definition) is 0. The van der Waals surface area contributed by atoms with Crippen molar-refractivity contribution < 1.29 is 9.53 Å². The Morgan fingerprint density at radius 3 is 2.06 bits per heavy atom.